The first-order valence-corrected chi connectivity index (χ1v) is 9.41. The number of nitrogens with one attached hydrogen (secondary N) is 2. The largest absolute Gasteiger partial charge is 0.341 e. The molecule has 0 aliphatic carbocycles. The molecule has 0 unspecified atom stereocenters. The maximum atomic E-state index is 11.9. The number of rotatable bonds is 7. The molecule has 0 fully saturated rings. The molecular formula is C19H26N3O2S+. The minimum absolute atomic E-state index is 0.0430. The van der Waals surface area contributed by atoms with Crippen LogP contribution < -0.4 is 16.0 Å². The van der Waals surface area contributed by atoms with Crippen LogP contribution in [0.5, 0.6) is 0 Å². The summed E-state index contributed by atoms with van der Waals surface area (Å²) in [5.74, 6) is 0.230. The maximum absolute atomic E-state index is 11.9. The molecule has 0 saturated carbocycles. The number of urea groups is 1. The Morgan fingerprint density at radius 2 is 1.84 bits per heavy atom. The molecule has 0 saturated heterocycles. The van der Waals surface area contributed by atoms with Crippen LogP contribution in [0.3, 0.4) is 0 Å². The van der Waals surface area contributed by atoms with E-state index in [-0.39, 0.29) is 18.5 Å². The average molecular weight is 361 g/mol. The lowest BCUT2D eigenvalue weighted by Crippen LogP contribution is -2.87. The van der Waals surface area contributed by atoms with E-state index in [1.807, 2.05) is 16.8 Å². The third-order valence-electron chi connectivity index (χ3n) is 4.35. The van der Waals surface area contributed by atoms with Crippen LogP contribution in [0.1, 0.15) is 48.2 Å². The fraction of sp³-hybridized carbons (Fsp3) is 0.368. The number of carbonyl (C=O) groups excluding carboxylic acids is 2. The molecule has 2 rings (SSSR count). The van der Waals surface area contributed by atoms with Crippen LogP contribution >= 0.6 is 11.3 Å². The second-order valence-corrected chi connectivity index (χ2v) is 7.02. The van der Waals surface area contributed by atoms with Crippen molar-refractivity contribution in [2.75, 3.05) is 13.6 Å². The topological polar surface area (TPSA) is 74.8 Å². The zero-order valence-corrected chi connectivity index (χ0v) is 15.7. The van der Waals surface area contributed by atoms with Gasteiger partial charge in [-0.25, -0.2) is 4.79 Å². The molecule has 0 radical (unpaired) electrons. The highest BCUT2D eigenvalue weighted by Gasteiger charge is 2.21. The van der Waals surface area contributed by atoms with Gasteiger partial charge in [0.1, 0.15) is 6.04 Å². The van der Waals surface area contributed by atoms with E-state index < -0.39 is 6.03 Å². The van der Waals surface area contributed by atoms with Gasteiger partial charge < -0.3 is 10.6 Å². The lowest BCUT2D eigenvalue weighted by molar-refractivity contribution is -0.676. The number of thiophene rings is 1. The van der Waals surface area contributed by atoms with Crippen molar-refractivity contribution in [3.05, 3.63) is 57.8 Å². The summed E-state index contributed by atoms with van der Waals surface area (Å²) < 4.78 is 0. The van der Waals surface area contributed by atoms with Crippen molar-refractivity contribution in [2.24, 2.45) is 0 Å². The third kappa shape index (κ3) is 5.41. The first-order chi connectivity index (χ1) is 12.0. The first-order valence-electron chi connectivity index (χ1n) is 8.53. The van der Waals surface area contributed by atoms with Gasteiger partial charge in [0.25, 0.3) is 5.91 Å². The summed E-state index contributed by atoms with van der Waals surface area (Å²) in [6.07, 6.45) is 1.11. The second-order valence-electron chi connectivity index (χ2n) is 6.04. The number of amides is 3. The fourth-order valence-corrected chi connectivity index (χ4v) is 3.47. The minimum atomic E-state index is -0.482. The second kappa shape index (κ2) is 9.34. The van der Waals surface area contributed by atoms with Gasteiger partial charge in [-0.2, -0.15) is 0 Å². The molecule has 134 valence electrons. The normalized spacial score (nSPS) is 13.1. The summed E-state index contributed by atoms with van der Waals surface area (Å²) in [5.41, 5.74) is 2.48. The SMILES string of the molecule is CC[C@@H](C)c1ccc([C@@H]([NH2+]CC(=O)NC(=O)NC)c2cccs2)cc1. The van der Waals surface area contributed by atoms with Gasteiger partial charge in [-0.1, -0.05) is 44.2 Å². The van der Waals surface area contributed by atoms with E-state index in [0.717, 1.165) is 12.0 Å². The fourth-order valence-electron chi connectivity index (χ4n) is 2.62. The number of carbonyl (C=O) groups is 2. The van der Waals surface area contributed by atoms with Crippen molar-refractivity contribution in [1.82, 2.24) is 10.6 Å². The lowest BCUT2D eigenvalue weighted by Gasteiger charge is -2.16. The molecule has 1 aromatic heterocycles. The molecule has 2 atom stereocenters. The molecular weight excluding hydrogens is 334 g/mol. The van der Waals surface area contributed by atoms with Crippen LogP contribution in [0.4, 0.5) is 4.79 Å². The summed E-state index contributed by atoms with van der Waals surface area (Å²) in [6, 6.07) is 12.3. The van der Waals surface area contributed by atoms with Crippen molar-refractivity contribution < 1.29 is 14.9 Å². The van der Waals surface area contributed by atoms with E-state index in [1.54, 1.807) is 11.3 Å². The van der Waals surface area contributed by atoms with Gasteiger partial charge in [0.2, 0.25) is 0 Å². The monoisotopic (exact) mass is 360 g/mol. The number of hydrogen-bond acceptors (Lipinski definition) is 3. The first kappa shape index (κ1) is 19.1. The Morgan fingerprint density at radius 1 is 1.16 bits per heavy atom. The van der Waals surface area contributed by atoms with Crippen molar-refractivity contribution in [3.8, 4) is 0 Å². The Hall–Kier alpha value is -2.18. The van der Waals surface area contributed by atoms with Gasteiger partial charge >= 0.3 is 6.03 Å². The average Bonchev–Trinajstić information content (AvgIpc) is 3.16. The summed E-state index contributed by atoms with van der Waals surface area (Å²) in [7, 11) is 1.49. The highest BCUT2D eigenvalue weighted by Crippen LogP contribution is 2.25. The molecule has 0 aliphatic rings. The highest BCUT2D eigenvalue weighted by atomic mass is 32.1. The molecule has 25 heavy (non-hydrogen) atoms. The van der Waals surface area contributed by atoms with Gasteiger partial charge in [-0.15, -0.1) is 11.3 Å². The van der Waals surface area contributed by atoms with Gasteiger partial charge in [0.05, 0.1) is 4.88 Å². The Balaban J connectivity index is 2.11. The van der Waals surface area contributed by atoms with Gasteiger partial charge in [0, 0.05) is 12.6 Å². The van der Waals surface area contributed by atoms with Crippen molar-refractivity contribution in [3.63, 3.8) is 0 Å². The van der Waals surface area contributed by atoms with Crippen LogP contribution in [0.25, 0.3) is 0 Å². The third-order valence-corrected chi connectivity index (χ3v) is 5.30. The van der Waals surface area contributed by atoms with Crippen LogP contribution in [-0.2, 0) is 4.79 Å². The van der Waals surface area contributed by atoms with E-state index >= 15 is 0 Å². The van der Waals surface area contributed by atoms with Crippen molar-refractivity contribution >= 4 is 23.3 Å². The van der Waals surface area contributed by atoms with Crippen LogP contribution in [-0.4, -0.2) is 25.5 Å². The highest BCUT2D eigenvalue weighted by molar-refractivity contribution is 7.10. The maximum Gasteiger partial charge on any atom is 0.321 e. The standard InChI is InChI=1S/C19H25N3O2S/c1-4-13(2)14-7-9-15(10-8-14)18(16-6-5-11-25-16)21-12-17(23)22-19(24)20-3/h5-11,13,18,21H,4,12H2,1-3H3,(H2,20,22,23,24)/p+1/t13-,18-/m1/s1. The van der Waals surface area contributed by atoms with E-state index in [1.165, 1.54) is 17.5 Å². The van der Waals surface area contributed by atoms with E-state index in [0.29, 0.717) is 5.92 Å². The van der Waals surface area contributed by atoms with Crippen LogP contribution in [0, 0.1) is 0 Å². The van der Waals surface area contributed by atoms with Gasteiger partial charge in [-0.3, -0.25) is 10.1 Å². The van der Waals surface area contributed by atoms with E-state index in [4.69, 9.17) is 0 Å². The predicted molar refractivity (Wildman–Crippen MR) is 101 cm³/mol. The van der Waals surface area contributed by atoms with E-state index in [9.17, 15) is 9.59 Å². The molecule has 0 spiro atoms. The molecule has 6 heteroatoms. The predicted octanol–water partition coefficient (Wildman–Crippen LogP) is 2.37. The Morgan fingerprint density at radius 3 is 2.40 bits per heavy atom. The smallest absolute Gasteiger partial charge is 0.321 e. The Bertz CT molecular complexity index is 683. The number of quaternary nitrogens is 1. The summed E-state index contributed by atoms with van der Waals surface area (Å²) in [4.78, 5) is 24.3. The quantitative estimate of drug-likeness (QED) is 0.709. The van der Waals surface area contributed by atoms with Gasteiger partial charge in [-0.05, 0) is 29.3 Å². The lowest BCUT2D eigenvalue weighted by atomic mass is 9.95. The number of nitrogens with two attached hydrogens (primary N) is 1. The summed E-state index contributed by atoms with van der Waals surface area (Å²) in [5, 5.41) is 8.68. The molecule has 0 aliphatic heterocycles. The number of imide groups is 1. The van der Waals surface area contributed by atoms with Crippen LogP contribution in [0.15, 0.2) is 41.8 Å². The summed E-state index contributed by atoms with van der Waals surface area (Å²) in [6.45, 7) is 4.59. The molecule has 3 amide bonds. The zero-order chi connectivity index (χ0) is 18.2. The molecule has 1 heterocycles. The van der Waals surface area contributed by atoms with Crippen molar-refractivity contribution in [1.29, 1.82) is 0 Å². The Labute approximate surface area is 152 Å². The molecule has 5 nitrogen and oxygen atoms in total. The zero-order valence-electron chi connectivity index (χ0n) is 14.9. The van der Waals surface area contributed by atoms with Crippen molar-refractivity contribution in [2.45, 2.75) is 32.2 Å². The molecule has 1 aromatic carbocycles. The van der Waals surface area contributed by atoms with Gasteiger partial charge in [0.15, 0.2) is 6.54 Å². The summed E-state index contributed by atoms with van der Waals surface area (Å²) >= 11 is 1.67. The molecule has 4 N–H and O–H groups in total. The van der Waals surface area contributed by atoms with E-state index in [2.05, 4.69) is 54.8 Å². The number of hydrogen-bond donors (Lipinski definition) is 3. The molecule has 2 aromatic rings. The van der Waals surface area contributed by atoms with Crippen LogP contribution in [0.2, 0.25) is 0 Å². The number of benzene rings is 1. The minimum Gasteiger partial charge on any atom is -0.341 e. The molecule has 0 bridgehead atoms. The Kier molecular flexibility index (Phi) is 7.16.